The van der Waals surface area contributed by atoms with Gasteiger partial charge in [-0.25, -0.2) is 0 Å². The minimum absolute atomic E-state index is 0.148. The third kappa shape index (κ3) is 3.08. The van der Waals surface area contributed by atoms with Crippen molar-refractivity contribution >= 4 is 5.91 Å². The van der Waals surface area contributed by atoms with Crippen LogP contribution in [0.1, 0.15) is 55.0 Å². The van der Waals surface area contributed by atoms with Crippen LogP contribution in [0.15, 0.2) is 28.8 Å². The third-order valence-corrected chi connectivity index (χ3v) is 3.70. The van der Waals surface area contributed by atoms with Gasteiger partial charge in [0, 0.05) is 19.2 Å². The van der Waals surface area contributed by atoms with Gasteiger partial charge in [0.25, 0.3) is 5.91 Å². The molecule has 0 aromatic carbocycles. The molecular formula is C16H20N6O2. The first-order valence-electron chi connectivity index (χ1n) is 7.77. The summed E-state index contributed by atoms with van der Waals surface area (Å²) in [4.78, 5) is 12.4. The molecule has 0 saturated heterocycles. The number of rotatable bonds is 5. The Hall–Kier alpha value is -2.90. The van der Waals surface area contributed by atoms with E-state index in [1.54, 1.807) is 13.0 Å². The molecule has 8 nitrogen and oxygen atoms in total. The highest BCUT2D eigenvalue weighted by molar-refractivity contribution is 5.93. The predicted molar refractivity (Wildman–Crippen MR) is 87.3 cm³/mol. The molecule has 0 radical (unpaired) electrons. The van der Waals surface area contributed by atoms with Crippen molar-refractivity contribution in [3.8, 4) is 11.4 Å². The van der Waals surface area contributed by atoms with E-state index in [-0.39, 0.29) is 17.9 Å². The third-order valence-electron chi connectivity index (χ3n) is 3.70. The Kier molecular flexibility index (Phi) is 4.20. The lowest BCUT2D eigenvalue weighted by atomic mass is 10.2. The van der Waals surface area contributed by atoms with Crippen molar-refractivity contribution in [1.82, 2.24) is 30.3 Å². The lowest BCUT2D eigenvalue weighted by molar-refractivity contribution is 0.0928. The van der Waals surface area contributed by atoms with E-state index >= 15 is 0 Å². The minimum atomic E-state index is -0.390. The second-order valence-electron chi connectivity index (χ2n) is 6.00. The summed E-state index contributed by atoms with van der Waals surface area (Å²) in [5, 5.41) is 17.7. The molecule has 1 atom stereocenters. The molecule has 0 aliphatic carbocycles. The average molecular weight is 328 g/mol. The molecule has 0 aliphatic heterocycles. The zero-order chi connectivity index (χ0) is 17.3. The van der Waals surface area contributed by atoms with E-state index in [2.05, 4.69) is 25.7 Å². The second-order valence-corrected chi connectivity index (χ2v) is 6.00. The summed E-state index contributed by atoms with van der Waals surface area (Å²) in [6.07, 6.45) is 1.92. The summed E-state index contributed by atoms with van der Waals surface area (Å²) in [6.45, 7) is 5.73. The molecule has 126 valence electrons. The fourth-order valence-electron chi connectivity index (χ4n) is 2.29. The number of hydrogen-bond donors (Lipinski definition) is 2. The Morgan fingerprint density at radius 3 is 2.67 bits per heavy atom. The van der Waals surface area contributed by atoms with Gasteiger partial charge in [-0.05, 0) is 25.1 Å². The summed E-state index contributed by atoms with van der Waals surface area (Å²) in [5.74, 6) is 0.808. The molecule has 3 heterocycles. The summed E-state index contributed by atoms with van der Waals surface area (Å²) in [7, 11) is 1.92. The van der Waals surface area contributed by atoms with Crippen LogP contribution >= 0.6 is 0 Å². The SMILES string of the molecule is CC(C)c1nnc(C(C)NC(=O)c2cc(-c3cccn3C)n[nH]2)o1. The maximum Gasteiger partial charge on any atom is 0.269 e. The molecule has 0 fully saturated rings. The van der Waals surface area contributed by atoms with E-state index < -0.39 is 0 Å². The second kappa shape index (κ2) is 6.31. The fourth-order valence-corrected chi connectivity index (χ4v) is 2.29. The Bertz CT molecular complexity index is 844. The number of aromatic amines is 1. The van der Waals surface area contributed by atoms with E-state index in [0.717, 1.165) is 5.69 Å². The average Bonchev–Trinajstić information content (AvgIpc) is 3.26. The molecule has 0 aliphatic rings. The maximum absolute atomic E-state index is 12.4. The molecule has 0 bridgehead atoms. The molecule has 8 heteroatoms. The molecule has 0 saturated carbocycles. The number of hydrogen-bond acceptors (Lipinski definition) is 5. The summed E-state index contributed by atoms with van der Waals surface area (Å²) in [6, 6.07) is 5.18. The molecular weight excluding hydrogens is 308 g/mol. The Morgan fingerprint density at radius 2 is 2.04 bits per heavy atom. The molecule has 24 heavy (non-hydrogen) atoms. The van der Waals surface area contributed by atoms with Gasteiger partial charge in [-0.1, -0.05) is 13.8 Å². The van der Waals surface area contributed by atoms with Crippen LogP contribution < -0.4 is 5.32 Å². The number of H-pyrrole nitrogens is 1. The summed E-state index contributed by atoms with van der Waals surface area (Å²) >= 11 is 0. The van der Waals surface area contributed by atoms with Gasteiger partial charge in [-0.15, -0.1) is 10.2 Å². The van der Waals surface area contributed by atoms with Crippen LogP contribution in [0.2, 0.25) is 0 Å². The zero-order valence-electron chi connectivity index (χ0n) is 14.1. The molecule has 1 amide bonds. The van der Waals surface area contributed by atoms with Crippen molar-refractivity contribution in [3.63, 3.8) is 0 Å². The quantitative estimate of drug-likeness (QED) is 0.749. The summed E-state index contributed by atoms with van der Waals surface area (Å²) in [5.41, 5.74) is 2.01. The van der Waals surface area contributed by atoms with Gasteiger partial charge in [-0.2, -0.15) is 5.10 Å². The molecule has 3 rings (SSSR count). The van der Waals surface area contributed by atoms with Crippen LogP contribution in [0.5, 0.6) is 0 Å². The maximum atomic E-state index is 12.4. The lowest BCUT2D eigenvalue weighted by Gasteiger charge is -2.08. The van der Waals surface area contributed by atoms with Gasteiger partial charge < -0.3 is 14.3 Å². The van der Waals surface area contributed by atoms with Gasteiger partial charge in [0.1, 0.15) is 17.4 Å². The molecule has 0 spiro atoms. The van der Waals surface area contributed by atoms with Gasteiger partial charge >= 0.3 is 0 Å². The predicted octanol–water partition coefficient (Wildman–Crippen LogP) is 2.41. The van der Waals surface area contributed by atoms with Gasteiger partial charge in [0.15, 0.2) is 0 Å². The van der Waals surface area contributed by atoms with Crippen molar-refractivity contribution in [2.45, 2.75) is 32.7 Å². The highest BCUT2D eigenvalue weighted by Gasteiger charge is 2.20. The standard InChI is InChI=1S/C16H20N6O2/c1-9(2)15-20-21-16(24-15)10(3)17-14(23)12-8-11(18-19-12)13-6-5-7-22(13)4/h5-10H,1-4H3,(H,17,23)(H,18,19). The Labute approximate surface area is 139 Å². The number of carbonyl (C=O) groups excluding carboxylic acids is 1. The monoisotopic (exact) mass is 328 g/mol. The molecule has 2 N–H and O–H groups in total. The first-order chi connectivity index (χ1) is 11.5. The number of aryl methyl sites for hydroxylation is 1. The first kappa shape index (κ1) is 16.0. The molecule has 3 aromatic heterocycles. The van der Waals surface area contributed by atoms with Crippen LogP contribution in [0.25, 0.3) is 11.4 Å². The first-order valence-corrected chi connectivity index (χ1v) is 7.77. The van der Waals surface area contributed by atoms with Crippen LogP contribution in [0, 0.1) is 0 Å². The van der Waals surface area contributed by atoms with Crippen LogP contribution in [0.3, 0.4) is 0 Å². The Balaban J connectivity index is 1.70. The fraction of sp³-hybridized carbons (Fsp3) is 0.375. The van der Waals surface area contributed by atoms with Crippen molar-refractivity contribution in [1.29, 1.82) is 0 Å². The van der Waals surface area contributed by atoms with Gasteiger partial charge in [0.05, 0.1) is 5.69 Å². The largest absolute Gasteiger partial charge is 0.423 e. The van der Waals surface area contributed by atoms with E-state index in [4.69, 9.17) is 4.42 Å². The van der Waals surface area contributed by atoms with Crippen molar-refractivity contribution in [2.75, 3.05) is 0 Å². The van der Waals surface area contributed by atoms with Gasteiger partial charge in [-0.3, -0.25) is 9.89 Å². The van der Waals surface area contributed by atoms with Gasteiger partial charge in [0.2, 0.25) is 11.8 Å². The number of nitrogens with one attached hydrogen (secondary N) is 2. The Morgan fingerprint density at radius 1 is 1.29 bits per heavy atom. The van der Waals surface area contributed by atoms with Crippen LogP contribution in [0.4, 0.5) is 0 Å². The highest BCUT2D eigenvalue weighted by Crippen LogP contribution is 2.19. The topological polar surface area (TPSA) is 102 Å². The summed E-state index contributed by atoms with van der Waals surface area (Å²) < 4.78 is 7.49. The number of aromatic nitrogens is 5. The molecule has 3 aromatic rings. The van der Waals surface area contributed by atoms with Crippen LogP contribution in [-0.2, 0) is 7.05 Å². The van der Waals surface area contributed by atoms with Crippen molar-refractivity contribution < 1.29 is 9.21 Å². The lowest BCUT2D eigenvalue weighted by Crippen LogP contribution is -2.27. The van der Waals surface area contributed by atoms with E-state index in [1.807, 2.05) is 43.8 Å². The van der Waals surface area contributed by atoms with E-state index in [1.165, 1.54) is 0 Å². The van der Waals surface area contributed by atoms with Crippen molar-refractivity contribution in [3.05, 3.63) is 41.9 Å². The smallest absolute Gasteiger partial charge is 0.269 e. The molecule has 1 unspecified atom stereocenters. The number of nitrogens with zero attached hydrogens (tertiary/aromatic N) is 4. The van der Waals surface area contributed by atoms with Crippen molar-refractivity contribution in [2.24, 2.45) is 7.05 Å². The normalized spacial score (nSPS) is 12.5. The highest BCUT2D eigenvalue weighted by atomic mass is 16.4. The zero-order valence-corrected chi connectivity index (χ0v) is 14.1. The number of amides is 1. The van der Waals surface area contributed by atoms with Crippen LogP contribution in [-0.4, -0.2) is 30.9 Å². The van der Waals surface area contributed by atoms with E-state index in [0.29, 0.717) is 23.2 Å². The minimum Gasteiger partial charge on any atom is -0.423 e. The van der Waals surface area contributed by atoms with E-state index in [9.17, 15) is 4.79 Å². The number of carbonyl (C=O) groups is 1.